The molecule has 0 aliphatic carbocycles. The molecule has 1 aliphatic rings. The van der Waals surface area contributed by atoms with Gasteiger partial charge in [0.25, 0.3) is 0 Å². The van der Waals surface area contributed by atoms with Crippen molar-refractivity contribution in [3.8, 4) is 0 Å². The van der Waals surface area contributed by atoms with E-state index in [1.54, 1.807) is 4.90 Å². The fourth-order valence-corrected chi connectivity index (χ4v) is 2.05. The Kier molecular flexibility index (Phi) is 4.39. The zero-order valence-corrected chi connectivity index (χ0v) is 12.5. The Balaban J connectivity index is 2.19. The van der Waals surface area contributed by atoms with E-state index in [0.29, 0.717) is 25.5 Å². The van der Waals surface area contributed by atoms with Gasteiger partial charge in [-0.2, -0.15) is 0 Å². The van der Waals surface area contributed by atoms with Crippen LogP contribution in [0.1, 0.15) is 32.6 Å². The molecule has 1 amide bonds. The maximum atomic E-state index is 12.3. The quantitative estimate of drug-likeness (QED) is 0.844. The maximum absolute atomic E-state index is 12.3. The van der Waals surface area contributed by atoms with Crippen LogP contribution in [0.25, 0.3) is 0 Å². The third-order valence-corrected chi connectivity index (χ3v) is 2.91. The van der Waals surface area contributed by atoms with Crippen LogP contribution in [0.2, 0.25) is 5.28 Å². The highest BCUT2D eigenvalue weighted by Gasteiger charge is 2.33. The van der Waals surface area contributed by atoms with Gasteiger partial charge in [-0.1, -0.05) is 0 Å². The van der Waals surface area contributed by atoms with Gasteiger partial charge in [0.1, 0.15) is 18.0 Å². The van der Waals surface area contributed by atoms with E-state index in [1.807, 2.05) is 20.8 Å². The van der Waals surface area contributed by atoms with Crippen LogP contribution in [0, 0.1) is 0 Å². The van der Waals surface area contributed by atoms with Crippen LogP contribution in [-0.4, -0.2) is 51.2 Å². The lowest BCUT2D eigenvalue weighted by Gasteiger charge is -2.36. The van der Waals surface area contributed by atoms with Crippen LogP contribution in [0.4, 0.5) is 4.79 Å². The highest BCUT2D eigenvalue weighted by molar-refractivity contribution is 6.28. The molecule has 8 heteroatoms. The van der Waals surface area contributed by atoms with Crippen molar-refractivity contribution in [3.63, 3.8) is 0 Å². The molecule has 0 bridgehead atoms. The maximum Gasteiger partial charge on any atom is 0.411 e. The van der Waals surface area contributed by atoms with Crippen molar-refractivity contribution in [3.05, 3.63) is 17.4 Å². The van der Waals surface area contributed by atoms with E-state index in [-0.39, 0.29) is 17.4 Å². The van der Waals surface area contributed by atoms with Crippen molar-refractivity contribution in [2.24, 2.45) is 0 Å². The topological polar surface area (TPSA) is 80.2 Å². The van der Waals surface area contributed by atoms with Crippen LogP contribution >= 0.6 is 11.6 Å². The number of aromatic nitrogens is 3. The van der Waals surface area contributed by atoms with Gasteiger partial charge in [-0.25, -0.2) is 19.7 Å². The smallest absolute Gasteiger partial charge is 0.411 e. The number of carbonyl (C=O) groups is 1. The summed E-state index contributed by atoms with van der Waals surface area (Å²) in [6, 6.07) is -0.306. The van der Waals surface area contributed by atoms with Gasteiger partial charge in [0.05, 0.1) is 0 Å². The van der Waals surface area contributed by atoms with E-state index in [2.05, 4.69) is 20.3 Å². The number of carbonyl (C=O) groups excluding carboxylic acids is 1. The van der Waals surface area contributed by atoms with Gasteiger partial charge in [0.15, 0.2) is 5.82 Å². The molecular formula is C12H18ClN5O2. The predicted octanol–water partition coefficient (Wildman–Crippen LogP) is 1.41. The van der Waals surface area contributed by atoms with E-state index in [4.69, 9.17) is 16.3 Å². The molecule has 1 unspecified atom stereocenters. The minimum Gasteiger partial charge on any atom is -0.444 e. The van der Waals surface area contributed by atoms with Crippen LogP contribution in [-0.2, 0) is 4.74 Å². The minimum absolute atomic E-state index is 0.115. The fourth-order valence-electron chi connectivity index (χ4n) is 1.92. The highest BCUT2D eigenvalue weighted by Crippen LogP contribution is 2.22. The number of ether oxygens (including phenoxy) is 1. The predicted molar refractivity (Wildman–Crippen MR) is 73.4 cm³/mol. The summed E-state index contributed by atoms with van der Waals surface area (Å²) >= 11 is 5.78. The monoisotopic (exact) mass is 299 g/mol. The summed E-state index contributed by atoms with van der Waals surface area (Å²) in [4.78, 5) is 25.8. The lowest BCUT2D eigenvalue weighted by molar-refractivity contribution is 0.0108. The Morgan fingerprint density at radius 2 is 2.25 bits per heavy atom. The second-order valence-electron chi connectivity index (χ2n) is 5.51. The van der Waals surface area contributed by atoms with Crippen molar-refractivity contribution in [1.29, 1.82) is 0 Å². The fraction of sp³-hybridized carbons (Fsp3) is 0.667. The highest BCUT2D eigenvalue weighted by atomic mass is 35.5. The second kappa shape index (κ2) is 5.88. The van der Waals surface area contributed by atoms with E-state index in [1.165, 1.54) is 6.33 Å². The van der Waals surface area contributed by atoms with E-state index in [9.17, 15) is 4.79 Å². The molecule has 0 saturated carbocycles. The summed E-state index contributed by atoms with van der Waals surface area (Å²) < 4.78 is 5.41. The molecule has 0 aromatic carbocycles. The first-order chi connectivity index (χ1) is 9.37. The first kappa shape index (κ1) is 14.9. The normalized spacial score (nSPS) is 19.8. The molecule has 110 valence electrons. The Labute approximate surface area is 122 Å². The van der Waals surface area contributed by atoms with Crippen LogP contribution in [0.3, 0.4) is 0 Å². The lowest BCUT2D eigenvalue weighted by Crippen LogP contribution is -2.50. The summed E-state index contributed by atoms with van der Waals surface area (Å²) in [6.07, 6.45) is 0.965. The molecular weight excluding hydrogens is 282 g/mol. The molecule has 20 heavy (non-hydrogen) atoms. The summed E-state index contributed by atoms with van der Waals surface area (Å²) in [5, 5.41) is 3.32. The Bertz CT molecular complexity index is 491. The van der Waals surface area contributed by atoms with Crippen LogP contribution < -0.4 is 5.32 Å². The standard InChI is InChI=1S/C12H18ClN5O2/c1-12(2,3)20-11(19)18-5-4-14-6-8(18)9-15-7-16-10(13)17-9/h7-8,14H,4-6H2,1-3H3. The third-order valence-electron chi connectivity index (χ3n) is 2.73. The molecule has 2 rings (SSSR count). The molecule has 1 atom stereocenters. The van der Waals surface area contributed by atoms with Crippen molar-refractivity contribution in [1.82, 2.24) is 25.2 Å². The van der Waals surface area contributed by atoms with E-state index >= 15 is 0 Å². The van der Waals surface area contributed by atoms with Gasteiger partial charge in [0, 0.05) is 19.6 Å². The zero-order chi connectivity index (χ0) is 14.8. The Hall–Kier alpha value is -1.47. The van der Waals surface area contributed by atoms with Gasteiger partial charge < -0.3 is 10.1 Å². The first-order valence-electron chi connectivity index (χ1n) is 6.41. The minimum atomic E-state index is -0.538. The lowest BCUT2D eigenvalue weighted by atomic mass is 10.2. The van der Waals surface area contributed by atoms with E-state index < -0.39 is 5.60 Å². The molecule has 1 N–H and O–H groups in total. The van der Waals surface area contributed by atoms with Gasteiger partial charge >= 0.3 is 6.09 Å². The zero-order valence-electron chi connectivity index (χ0n) is 11.8. The van der Waals surface area contributed by atoms with Crippen molar-refractivity contribution in [2.75, 3.05) is 19.6 Å². The summed E-state index contributed by atoms with van der Waals surface area (Å²) in [5.41, 5.74) is -0.538. The van der Waals surface area contributed by atoms with Crippen LogP contribution in [0.5, 0.6) is 0 Å². The molecule has 1 saturated heterocycles. The molecule has 2 heterocycles. The summed E-state index contributed by atoms with van der Waals surface area (Å²) in [7, 11) is 0. The number of halogens is 1. The Morgan fingerprint density at radius 1 is 1.50 bits per heavy atom. The van der Waals surface area contributed by atoms with Gasteiger partial charge in [-0.15, -0.1) is 0 Å². The van der Waals surface area contributed by atoms with Gasteiger partial charge in [-0.3, -0.25) is 4.90 Å². The summed E-state index contributed by atoms with van der Waals surface area (Å²) in [6.45, 7) is 7.29. The second-order valence-corrected chi connectivity index (χ2v) is 5.84. The number of hydrogen-bond donors (Lipinski definition) is 1. The number of hydrogen-bond acceptors (Lipinski definition) is 6. The van der Waals surface area contributed by atoms with Crippen molar-refractivity contribution < 1.29 is 9.53 Å². The number of nitrogens with one attached hydrogen (secondary N) is 1. The average Bonchev–Trinajstić information content (AvgIpc) is 2.37. The van der Waals surface area contributed by atoms with Gasteiger partial charge in [-0.05, 0) is 32.4 Å². The molecule has 0 radical (unpaired) electrons. The molecule has 1 aromatic rings. The number of amides is 1. The van der Waals surface area contributed by atoms with Crippen molar-refractivity contribution in [2.45, 2.75) is 32.4 Å². The van der Waals surface area contributed by atoms with Gasteiger partial charge in [0.2, 0.25) is 5.28 Å². The SMILES string of the molecule is CC(C)(C)OC(=O)N1CCNCC1c1ncnc(Cl)n1. The van der Waals surface area contributed by atoms with Crippen molar-refractivity contribution >= 4 is 17.7 Å². The molecule has 1 aliphatic heterocycles. The molecule has 1 fully saturated rings. The summed E-state index contributed by atoms with van der Waals surface area (Å²) in [5.74, 6) is 0.461. The number of piperazine rings is 1. The molecule has 0 spiro atoms. The van der Waals surface area contributed by atoms with Crippen LogP contribution in [0.15, 0.2) is 6.33 Å². The Morgan fingerprint density at radius 3 is 2.90 bits per heavy atom. The molecule has 7 nitrogen and oxygen atoms in total. The first-order valence-corrected chi connectivity index (χ1v) is 6.79. The number of rotatable bonds is 1. The third kappa shape index (κ3) is 3.77. The largest absolute Gasteiger partial charge is 0.444 e. The molecule has 1 aromatic heterocycles. The average molecular weight is 300 g/mol. The van der Waals surface area contributed by atoms with E-state index in [0.717, 1.165) is 0 Å². The number of nitrogens with zero attached hydrogens (tertiary/aromatic N) is 4.